The van der Waals surface area contributed by atoms with Crippen molar-refractivity contribution < 1.29 is 9.84 Å². The first kappa shape index (κ1) is 11.8. The Balaban J connectivity index is 1.78. The Morgan fingerprint density at radius 3 is 3.17 bits per heavy atom. The molecule has 0 spiro atoms. The molecule has 18 heavy (non-hydrogen) atoms. The summed E-state index contributed by atoms with van der Waals surface area (Å²) in [5.74, 6) is 0. The second-order valence-corrected chi connectivity index (χ2v) is 5.36. The highest BCUT2D eigenvalue weighted by Crippen LogP contribution is 2.34. The first-order valence-corrected chi connectivity index (χ1v) is 6.99. The number of aliphatic hydroxyl groups is 1. The lowest BCUT2D eigenvalue weighted by molar-refractivity contribution is 0.00373. The maximum atomic E-state index is 10.2. The summed E-state index contributed by atoms with van der Waals surface area (Å²) in [6.07, 6.45) is 2.69. The van der Waals surface area contributed by atoms with Crippen molar-refractivity contribution in [3.63, 3.8) is 0 Å². The molecule has 0 amide bonds. The monoisotopic (exact) mass is 261 g/mol. The topological polar surface area (TPSA) is 42.4 Å². The van der Waals surface area contributed by atoms with Gasteiger partial charge in [0.1, 0.15) is 11.1 Å². The van der Waals surface area contributed by atoms with Crippen molar-refractivity contribution >= 4 is 11.3 Å². The van der Waals surface area contributed by atoms with E-state index in [-0.39, 0.29) is 6.10 Å². The van der Waals surface area contributed by atoms with Crippen LogP contribution in [0.5, 0.6) is 0 Å². The van der Waals surface area contributed by atoms with Gasteiger partial charge < -0.3 is 9.84 Å². The minimum absolute atomic E-state index is 0.0196. The van der Waals surface area contributed by atoms with Crippen LogP contribution in [0.3, 0.4) is 0 Å². The van der Waals surface area contributed by atoms with Crippen LogP contribution in [0.4, 0.5) is 0 Å². The quantitative estimate of drug-likeness (QED) is 0.923. The third-order valence-corrected chi connectivity index (χ3v) is 4.14. The molecule has 3 nitrogen and oxygen atoms in total. The molecule has 0 aliphatic carbocycles. The van der Waals surface area contributed by atoms with Crippen molar-refractivity contribution in [2.75, 3.05) is 6.61 Å². The average molecular weight is 261 g/mol. The zero-order valence-electron chi connectivity index (χ0n) is 9.95. The van der Waals surface area contributed by atoms with Gasteiger partial charge in [0.25, 0.3) is 0 Å². The summed E-state index contributed by atoms with van der Waals surface area (Å²) in [5, 5.41) is 12.8. The van der Waals surface area contributed by atoms with Gasteiger partial charge in [-0.05, 0) is 17.5 Å². The average Bonchev–Trinajstić information content (AvgIpc) is 2.93. The molecule has 2 heterocycles. The van der Waals surface area contributed by atoms with E-state index in [4.69, 9.17) is 4.74 Å². The number of benzene rings is 1. The molecule has 0 bridgehead atoms. The predicted octanol–water partition coefficient (Wildman–Crippen LogP) is 2.88. The molecular formula is C14H15NO2S. The lowest BCUT2D eigenvalue weighted by Crippen LogP contribution is -2.18. The molecule has 4 heteroatoms. The van der Waals surface area contributed by atoms with E-state index in [0.29, 0.717) is 6.42 Å². The minimum Gasteiger partial charge on any atom is -0.386 e. The van der Waals surface area contributed by atoms with Crippen LogP contribution in [-0.2, 0) is 11.2 Å². The van der Waals surface area contributed by atoms with E-state index in [1.807, 2.05) is 11.4 Å². The van der Waals surface area contributed by atoms with Gasteiger partial charge in [0.15, 0.2) is 0 Å². The van der Waals surface area contributed by atoms with Crippen LogP contribution >= 0.6 is 11.3 Å². The summed E-state index contributed by atoms with van der Waals surface area (Å²) in [4.78, 5) is 4.15. The van der Waals surface area contributed by atoms with Crippen LogP contribution in [0.25, 0.3) is 0 Å². The molecule has 1 N–H and O–H groups in total. The lowest BCUT2D eigenvalue weighted by Gasteiger charge is -2.27. The van der Waals surface area contributed by atoms with E-state index in [9.17, 15) is 5.11 Å². The van der Waals surface area contributed by atoms with Gasteiger partial charge in [-0.15, -0.1) is 11.3 Å². The van der Waals surface area contributed by atoms with Gasteiger partial charge in [-0.1, -0.05) is 24.3 Å². The van der Waals surface area contributed by atoms with Gasteiger partial charge in [0.05, 0.1) is 12.7 Å². The Morgan fingerprint density at radius 2 is 2.33 bits per heavy atom. The van der Waals surface area contributed by atoms with Gasteiger partial charge in [0.2, 0.25) is 0 Å². The Bertz CT molecular complexity index is 512. The van der Waals surface area contributed by atoms with Crippen LogP contribution in [0.15, 0.2) is 35.8 Å². The first-order chi connectivity index (χ1) is 8.84. The van der Waals surface area contributed by atoms with Crippen LogP contribution in [-0.4, -0.2) is 16.7 Å². The number of aliphatic hydroxyl groups excluding tert-OH is 1. The second-order valence-electron chi connectivity index (χ2n) is 4.43. The molecule has 1 aliphatic rings. The molecule has 2 atom stereocenters. The van der Waals surface area contributed by atoms with Gasteiger partial charge in [-0.2, -0.15) is 0 Å². The zero-order valence-corrected chi connectivity index (χ0v) is 10.8. The summed E-state index contributed by atoms with van der Waals surface area (Å²) in [5.41, 5.74) is 2.54. The van der Waals surface area contributed by atoms with E-state index in [0.717, 1.165) is 18.0 Å². The SMILES string of the molecule is OC(CC1OCCc2ccccc21)c1nccs1. The maximum Gasteiger partial charge on any atom is 0.121 e. The van der Waals surface area contributed by atoms with Crippen molar-refractivity contribution in [2.45, 2.75) is 25.0 Å². The van der Waals surface area contributed by atoms with Crippen LogP contribution < -0.4 is 0 Å². The normalized spacial score (nSPS) is 20.4. The van der Waals surface area contributed by atoms with Crippen molar-refractivity contribution in [3.8, 4) is 0 Å². The number of ether oxygens (including phenoxy) is 1. The van der Waals surface area contributed by atoms with E-state index in [2.05, 4.69) is 23.2 Å². The number of aromatic nitrogens is 1. The standard InChI is InChI=1S/C14H15NO2S/c16-12(14-15-6-8-18-14)9-13-11-4-2-1-3-10(11)5-7-17-13/h1-4,6,8,12-13,16H,5,7,9H2. The van der Waals surface area contributed by atoms with E-state index in [1.54, 1.807) is 6.20 Å². The number of rotatable bonds is 3. The second kappa shape index (κ2) is 5.18. The third-order valence-electron chi connectivity index (χ3n) is 3.27. The first-order valence-electron chi connectivity index (χ1n) is 6.11. The molecule has 1 aromatic carbocycles. The molecular weight excluding hydrogens is 246 g/mol. The van der Waals surface area contributed by atoms with Crippen LogP contribution in [0.2, 0.25) is 0 Å². The van der Waals surface area contributed by atoms with Crippen LogP contribution in [0.1, 0.15) is 34.8 Å². The Hall–Kier alpha value is -1.23. The molecule has 0 radical (unpaired) electrons. The number of thiazole rings is 1. The Labute approximate surface area is 110 Å². The van der Waals surface area contributed by atoms with Crippen molar-refractivity contribution in [3.05, 3.63) is 52.0 Å². The van der Waals surface area contributed by atoms with Crippen molar-refractivity contribution in [1.82, 2.24) is 4.98 Å². The lowest BCUT2D eigenvalue weighted by atomic mass is 9.94. The summed E-state index contributed by atoms with van der Waals surface area (Å²) < 4.78 is 5.79. The van der Waals surface area contributed by atoms with Crippen molar-refractivity contribution in [2.24, 2.45) is 0 Å². The molecule has 1 aliphatic heterocycles. The molecule has 0 fully saturated rings. The fourth-order valence-corrected chi connectivity index (χ4v) is 3.01. The zero-order chi connectivity index (χ0) is 12.4. The van der Waals surface area contributed by atoms with E-state index < -0.39 is 6.10 Å². The molecule has 0 saturated carbocycles. The minimum atomic E-state index is -0.541. The Kier molecular flexibility index (Phi) is 3.41. The van der Waals surface area contributed by atoms with E-state index in [1.165, 1.54) is 22.5 Å². The number of hydrogen-bond donors (Lipinski definition) is 1. The number of nitrogens with zero attached hydrogens (tertiary/aromatic N) is 1. The van der Waals surface area contributed by atoms with Crippen molar-refractivity contribution in [1.29, 1.82) is 0 Å². The van der Waals surface area contributed by atoms with Gasteiger partial charge >= 0.3 is 0 Å². The van der Waals surface area contributed by atoms with Gasteiger partial charge in [-0.25, -0.2) is 4.98 Å². The van der Waals surface area contributed by atoms with Crippen LogP contribution in [0, 0.1) is 0 Å². The maximum absolute atomic E-state index is 10.2. The van der Waals surface area contributed by atoms with Gasteiger partial charge in [-0.3, -0.25) is 0 Å². The highest BCUT2D eigenvalue weighted by Gasteiger charge is 2.24. The molecule has 94 valence electrons. The number of fused-ring (bicyclic) bond motifs is 1. The fourth-order valence-electron chi connectivity index (χ4n) is 2.37. The molecule has 0 saturated heterocycles. The summed E-state index contributed by atoms with van der Waals surface area (Å²) in [7, 11) is 0. The highest BCUT2D eigenvalue weighted by atomic mass is 32.1. The number of hydrogen-bond acceptors (Lipinski definition) is 4. The van der Waals surface area contributed by atoms with Gasteiger partial charge in [0, 0.05) is 18.0 Å². The molecule has 2 unspecified atom stereocenters. The fraction of sp³-hybridized carbons (Fsp3) is 0.357. The summed E-state index contributed by atoms with van der Waals surface area (Å²) >= 11 is 1.48. The third kappa shape index (κ3) is 2.32. The molecule has 1 aromatic heterocycles. The largest absolute Gasteiger partial charge is 0.386 e. The smallest absolute Gasteiger partial charge is 0.121 e. The molecule has 2 aromatic rings. The highest BCUT2D eigenvalue weighted by molar-refractivity contribution is 7.09. The Morgan fingerprint density at radius 1 is 1.44 bits per heavy atom. The summed E-state index contributed by atoms with van der Waals surface area (Å²) in [6.45, 7) is 0.728. The summed E-state index contributed by atoms with van der Waals surface area (Å²) in [6, 6.07) is 8.31. The molecule has 3 rings (SSSR count). The van der Waals surface area contributed by atoms with E-state index >= 15 is 0 Å². The predicted molar refractivity (Wildman–Crippen MR) is 70.5 cm³/mol.